The maximum Gasteiger partial charge on any atom is 0.180 e. The molecule has 2 aliphatic carbocycles. The highest BCUT2D eigenvalue weighted by Crippen LogP contribution is 2.42. The molecule has 1 unspecified atom stereocenters. The first-order valence-corrected chi connectivity index (χ1v) is 6.53. The average Bonchev–Trinajstić information content (AvgIpc) is 2.78. The van der Waals surface area contributed by atoms with Crippen molar-refractivity contribution in [2.75, 3.05) is 0 Å². The van der Waals surface area contributed by atoms with Gasteiger partial charge in [-0.1, -0.05) is 30.3 Å². The fourth-order valence-corrected chi connectivity index (χ4v) is 2.71. The number of ketones is 1. The number of allylic oxidation sites excluding steroid dienone is 1. The Bertz CT molecular complexity index is 696. The van der Waals surface area contributed by atoms with Crippen molar-refractivity contribution in [3.8, 4) is 0 Å². The lowest BCUT2D eigenvalue weighted by Gasteiger charge is -2.23. The molecule has 5 N–H and O–H groups in total. The summed E-state index contributed by atoms with van der Waals surface area (Å²) in [6.45, 7) is 1.59. The number of Topliss-reactive ketones (excluding diaryl/α,β-unsaturated/α-hetero) is 1. The van der Waals surface area contributed by atoms with E-state index in [2.05, 4.69) is 0 Å². The lowest BCUT2D eigenvalue weighted by molar-refractivity contribution is -0.116. The molecule has 0 heterocycles. The largest absolute Gasteiger partial charge is 0.507 e. The van der Waals surface area contributed by atoms with E-state index >= 15 is 0 Å². The molecule has 0 radical (unpaired) electrons. The van der Waals surface area contributed by atoms with Crippen LogP contribution in [0, 0.1) is 0 Å². The molecule has 4 nitrogen and oxygen atoms in total. The van der Waals surface area contributed by atoms with Gasteiger partial charge in [-0.3, -0.25) is 4.79 Å². The predicted octanol–water partition coefficient (Wildman–Crippen LogP) is 1.54. The number of aliphatic hydroxyl groups is 1. The van der Waals surface area contributed by atoms with E-state index in [-0.39, 0.29) is 17.1 Å². The second-order valence-corrected chi connectivity index (χ2v) is 5.17. The molecular weight excluding hydrogens is 252 g/mol. The third-order valence-electron chi connectivity index (χ3n) is 3.71. The van der Waals surface area contributed by atoms with Gasteiger partial charge in [-0.25, -0.2) is 0 Å². The van der Waals surface area contributed by atoms with E-state index in [1.165, 1.54) is 0 Å². The average molecular weight is 268 g/mol. The van der Waals surface area contributed by atoms with Crippen molar-refractivity contribution < 1.29 is 9.90 Å². The summed E-state index contributed by atoms with van der Waals surface area (Å²) in [5.74, 6) is -0.365. The molecule has 20 heavy (non-hydrogen) atoms. The summed E-state index contributed by atoms with van der Waals surface area (Å²) >= 11 is 0. The molecule has 0 aliphatic heterocycles. The van der Waals surface area contributed by atoms with Gasteiger partial charge in [-0.15, -0.1) is 0 Å². The van der Waals surface area contributed by atoms with E-state index in [0.29, 0.717) is 5.57 Å². The summed E-state index contributed by atoms with van der Waals surface area (Å²) < 4.78 is 0. The Labute approximate surface area is 117 Å². The lowest BCUT2D eigenvalue weighted by atomic mass is 9.86. The minimum Gasteiger partial charge on any atom is -0.507 e. The predicted molar refractivity (Wildman–Crippen MR) is 78.7 cm³/mol. The molecule has 4 heteroatoms. The van der Waals surface area contributed by atoms with Gasteiger partial charge in [-0.2, -0.15) is 0 Å². The van der Waals surface area contributed by atoms with E-state index in [1.54, 1.807) is 6.92 Å². The molecule has 0 saturated heterocycles. The quantitative estimate of drug-likeness (QED) is 0.759. The zero-order valence-electron chi connectivity index (χ0n) is 11.1. The second-order valence-electron chi connectivity index (χ2n) is 5.17. The summed E-state index contributed by atoms with van der Waals surface area (Å²) in [7, 11) is 0. The van der Waals surface area contributed by atoms with Crippen LogP contribution in [0.4, 0.5) is 0 Å². The molecule has 0 bridgehead atoms. The Morgan fingerprint density at radius 3 is 2.70 bits per heavy atom. The number of rotatable bonds is 2. The van der Waals surface area contributed by atoms with Gasteiger partial charge in [0.15, 0.2) is 5.78 Å². The Hall–Kier alpha value is -2.17. The van der Waals surface area contributed by atoms with Crippen LogP contribution in [0.3, 0.4) is 0 Å². The van der Waals surface area contributed by atoms with Gasteiger partial charge in [0.05, 0.1) is 17.7 Å². The van der Waals surface area contributed by atoms with Crippen molar-refractivity contribution in [3.63, 3.8) is 0 Å². The van der Waals surface area contributed by atoms with Gasteiger partial charge >= 0.3 is 0 Å². The van der Waals surface area contributed by atoms with Gasteiger partial charge in [-0.05, 0) is 29.7 Å². The molecular formula is C16H16N2O2. The summed E-state index contributed by atoms with van der Waals surface area (Å²) in [5, 5.41) is 10.4. The van der Waals surface area contributed by atoms with Gasteiger partial charge < -0.3 is 16.6 Å². The first-order valence-electron chi connectivity index (χ1n) is 6.53. The highest BCUT2D eigenvalue weighted by Gasteiger charge is 2.33. The van der Waals surface area contributed by atoms with Crippen molar-refractivity contribution in [2.45, 2.75) is 19.0 Å². The molecule has 2 aliphatic rings. The zero-order valence-corrected chi connectivity index (χ0v) is 11.1. The minimum absolute atomic E-state index is 0.0477. The molecule has 0 amide bonds. The van der Waals surface area contributed by atoms with Gasteiger partial charge in [0.25, 0.3) is 0 Å². The van der Waals surface area contributed by atoms with Crippen LogP contribution in [-0.4, -0.2) is 23.0 Å². The van der Waals surface area contributed by atoms with E-state index in [0.717, 1.165) is 16.7 Å². The number of fused-ring (bicyclic) bond motifs is 3. The number of hydrogen-bond donors (Lipinski definition) is 3. The molecule has 1 aromatic carbocycles. The zero-order chi connectivity index (χ0) is 14.4. The van der Waals surface area contributed by atoms with Gasteiger partial charge in [0.1, 0.15) is 5.76 Å². The molecule has 0 spiro atoms. The van der Waals surface area contributed by atoms with Crippen LogP contribution < -0.4 is 11.5 Å². The van der Waals surface area contributed by atoms with Crippen LogP contribution in [0.25, 0.3) is 11.6 Å². The lowest BCUT2D eigenvalue weighted by Crippen LogP contribution is -2.37. The van der Waals surface area contributed by atoms with Crippen LogP contribution in [0.5, 0.6) is 0 Å². The number of hydrogen-bond acceptors (Lipinski definition) is 4. The molecule has 0 saturated carbocycles. The third-order valence-corrected chi connectivity index (χ3v) is 3.71. The van der Waals surface area contributed by atoms with Crippen LogP contribution in [0.1, 0.15) is 18.1 Å². The topological polar surface area (TPSA) is 89.3 Å². The number of carbonyl (C=O) groups excluding carboxylic acids is 1. The van der Waals surface area contributed by atoms with E-state index < -0.39 is 12.1 Å². The number of carbonyl (C=O) groups is 1. The highest BCUT2D eigenvalue weighted by molar-refractivity contribution is 6.07. The van der Waals surface area contributed by atoms with Crippen molar-refractivity contribution >= 4 is 17.4 Å². The Morgan fingerprint density at radius 1 is 1.30 bits per heavy atom. The Balaban J connectivity index is 2.14. The fourth-order valence-electron chi connectivity index (χ4n) is 2.71. The van der Waals surface area contributed by atoms with Crippen molar-refractivity contribution in [2.24, 2.45) is 11.5 Å². The normalized spacial score (nSPS) is 21.9. The summed E-state index contributed by atoms with van der Waals surface area (Å²) in [6.07, 6.45) is 3.68. The summed E-state index contributed by atoms with van der Waals surface area (Å²) in [6, 6.07) is 6.49. The van der Waals surface area contributed by atoms with Gasteiger partial charge in [0, 0.05) is 5.57 Å². The molecule has 1 aromatic rings. The van der Waals surface area contributed by atoms with E-state index in [1.807, 2.05) is 36.4 Å². The molecule has 3 rings (SSSR count). The summed E-state index contributed by atoms with van der Waals surface area (Å²) in [5.41, 5.74) is 15.4. The smallest absolute Gasteiger partial charge is 0.180 e. The number of nitrogens with two attached hydrogens (primary N) is 2. The third kappa shape index (κ3) is 1.73. The summed E-state index contributed by atoms with van der Waals surface area (Å²) in [4.78, 5) is 12.1. The standard InChI is InChI=1S/C16H16N2O2/c1-8(17)15(19)14-13(18)7-11-10-5-3-2-4-9(10)6-12(11)16(14)20/h2-8,13,20H,17-18H2,1H3/t8-,13?/m0/s1. The molecule has 0 aromatic heterocycles. The van der Waals surface area contributed by atoms with Crippen molar-refractivity contribution in [3.05, 3.63) is 58.4 Å². The van der Waals surface area contributed by atoms with Crippen molar-refractivity contribution in [1.29, 1.82) is 0 Å². The Kier molecular flexibility index (Phi) is 2.85. The first kappa shape index (κ1) is 12.8. The van der Waals surface area contributed by atoms with Crippen LogP contribution in [0.15, 0.2) is 47.2 Å². The fraction of sp³-hybridized carbons (Fsp3) is 0.188. The number of aliphatic hydroxyl groups excluding tert-OH is 1. The first-order chi connectivity index (χ1) is 9.50. The van der Waals surface area contributed by atoms with Crippen LogP contribution >= 0.6 is 0 Å². The van der Waals surface area contributed by atoms with E-state index in [4.69, 9.17) is 11.5 Å². The van der Waals surface area contributed by atoms with Crippen LogP contribution in [-0.2, 0) is 4.79 Å². The maximum absolute atomic E-state index is 12.1. The SMILES string of the molecule is C[C@H](N)C(=O)C1=C(O)C2=Cc3ccccc3C2=CC1N. The Morgan fingerprint density at radius 2 is 2.00 bits per heavy atom. The second kappa shape index (κ2) is 4.44. The molecule has 2 atom stereocenters. The number of benzene rings is 1. The van der Waals surface area contributed by atoms with Crippen molar-refractivity contribution in [1.82, 2.24) is 0 Å². The monoisotopic (exact) mass is 268 g/mol. The van der Waals surface area contributed by atoms with Crippen LogP contribution in [0.2, 0.25) is 0 Å². The van der Waals surface area contributed by atoms with E-state index in [9.17, 15) is 9.90 Å². The van der Waals surface area contributed by atoms with Gasteiger partial charge in [0.2, 0.25) is 0 Å². The maximum atomic E-state index is 12.1. The highest BCUT2D eigenvalue weighted by atomic mass is 16.3. The molecule has 102 valence electrons. The molecule has 0 fully saturated rings. The minimum atomic E-state index is -0.683.